The standard InChI is InChI=1S/C19H31N3O3S/c1-19(2,3)25-18(24)22-9-6-14(7-10-22)17(23)20-12-16(21(4)5)15-8-11-26-13-15/h8,11,13-14,16H,6-7,9-10,12H2,1-5H3,(H,20,23)/t16-/m1/s1. The van der Waals surface area contributed by atoms with E-state index in [1.54, 1.807) is 16.2 Å². The van der Waals surface area contributed by atoms with E-state index in [0.717, 1.165) is 0 Å². The first-order valence-electron chi connectivity index (χ1n) is 9.11. The molecule has 1 N–H and O–H groups in total. The quantitative estimate of drug-likeness (QED) is 0.851. The van der Waals surface area contributed by atoms with Gasteiger partial charge in [0.25, 0.3) is 0 Å². The maximum atomic E-state index is 12.5. The lowest BCUT2D eigenvalue weighted by atomic mass is 9.96. The van der Waals surface area contributed by atoms with Crippen LogP contribution in [0, 0.1) is 5.92 Å². The third kappa shape index (κ3) is 5.99. The molecule has 1 saturated heterocycles. The number of rotatable bonds is 5. The lowest BCUT2D eigenvalue weighted by Crippen LogP contribution is -2.45. The van der Waals surface area contributed by atoms with E-state index in [-0.39, 0.29) is 24.0 Å². The first kappa shape index (κ1) is 20.7. The molecule has 7 heteroatoms. The molecule has 0 radical (unpaired) electrons. The van der Waals surface area contributed by atoms with Crippen molar-refractivity contribution in [2.45, 2.75) is 45.3 Å². The van der Waals surface area contributed by atoms with Gasteiger partial charge in [-0.05, 0) is 70.1 Å². The molecular weight excluding hydrogens is 350 g/mol. The fourth-order valence-corrected chi connectivity index (χ4v) is 3.76. The monoisotopic (exact) mass is 381 g/mol. The fraction of sp³-hybridized carbons (Fsp3) is 0.684. The Morgan fingerprint density at radius 2 is 2.00 bits per heavy atom. The minimum absolute atomic E-state index is 0.0426. The highest BCUT2D eigenvalue weighted by Crippen LogP contribution is 2.22. The van der Waals surface area contributed by atoms with Crippen molar-refractivity contribution in [1.82, 2.24) is 15.1 Å². The van der Waals surface area contributed by atoms with Crippen LogP contribution in [0.3, 0.4) is 0 Å². The zero-order valence-electron chi connectivity index (χ0n) is 16.4. The zero-order chi connectivity index (χ0) is 19.3. The van der Waals surface area contributed by atoms with Crippen molar-refractivity contribution in [2.24, 2.45) is 5.92 Å². The van der Waals surface area contributed by atoms with E-state index < -0.39 is 5.60 Å². The van der Waals surface area contributed by atoms with E-state index in [1.165, 1.54) is 5.56 Å². The highest BCUT2D eigenvalue weighted by molar-refractivity contribution is 7.07. The number of nitrogens with zero attached hydrogens (tertiary/aromatic N) is 2. The summed E-state index contributed by atoms with van der Waals surface area (Å²) in [6, 6.07) is 2.27. The number of likely N-dealkylation sites (tertiary alicyclic amines) is 1. The SMILES string of the molecule is CN(C)[C@H](CNC(=O)C1CCN(C(=O)OC(C)(C)C)CC1)c1ccsc1. The number of nitrogens with one attached hydrogen (secondary N) is 1. The van der Waals surface area contributed by atoms with Crippen LogP contribution in [0.5, 0.6) is 0 Å². The van der Waals surface area contributed by atoms with Gasteiger partial charge in [-0.15, -0.1) is 0 Å². The molecule has 2 amide bonds. The highest BCUT2D eigenvalue weighted by atomic mass is 32.1. The predicted octanol–water partition coefficient (Wildman–Crippen LogP) is 3.11. The molecule has 2 heterocycles. The maximum Gasteiger partial charge on any atom is 0.410 e. The number of hydrogen-bond donors (Lipinski definition) is 1. The van der Waals surface area contributed by atoms with Crippen molar-refractivity contribution in [3.8, 4) is 0 Å². The van der Waals surface area contributed by atoms with Gasteiger partial charge in [0.2, 0.25) is 5.91 Å². The normalized spacial score (nSPS) is 17.2. The summed E-state index contributed by atoms with van der Waals surface area (Å²) in [5.41, 5.74) is 0.730. The Hall–Kier alpha value is -1.60. The Labute approximate surface area is 160 Å². The molecule has 1 fully saturated rings. The van der Waals surface area contributed by atoms with Crippen molar-refractivity contribution < 1.29 is 14.3 Å². The van der Waals surface area contributed by atoms with E-state index in [0.29, 0.717) is 32.5 Å². The van der Waals surface area contributed by atoms with Crippen LogP contribution in [0.1, 0.15) is 45.2 Å². The van der Waals surface area contributed by atoms with E-state index in [9.17, 15) is 9.59 Å². The zero-order valence-corrected chi connectivity index (χ0v) is 17.3. The summed E-state index contributed by atoms with van der Waals surface area (Å²) in [6.45, 7) is 7.30. The number of likely N-dealkylation sites (N-methyl/N-ethyl adjacent to an activating group) is 1. The van der Waals surface area contributed by atoms with Crippen molar-refractivity contribution in [1.29, 1.82) is 0 Å². The first-order valence-corrected chi connectivity index (χ1v) is 10.1. The predicted molar refractivity (Wildman–Crippen MR) is 104 cm³/mol. The average Bonchev–Trinajstić information content (AvgIpc) is 3.07. The molecule has 146 valence electrons. The Kier molecular flexibility index (Phi) is 7.06. The van der Waals surface area contributed by atoms with Crippen LogP contribution in [-0.2, 0) is 9.53 Å². The van der Waals surface area contributed by atoms with Crippen LogP contribution < -0.4 is 5.32 Å². The molecule has 1 aromatic rings. The molecule has 2 rings (SSSR count). The minimum atomic E-state index is -0.492. The number of ether oxygens (including phenoxy) is 1. The number of carbonyl (C=O) groups excluding carboxylic acids is 2. The van der Waals surface area contributed by atoms with E-state index in [1.807, 2.05) is 34.9 Å². The van der Waals surface area contributed by atoms with E-state index >= 15 is 0 Å². The molecule has 0 aromatic carbocycles. The molecule has 0 aliphatic carbocycles. The second kappa shape index (κ2) is 8.86. The molecule has 6 nitrogen and oxygen atoms in total. The van der Waals surface area contributed by atoms with E-state index in [2.05, 4.69) is 27.0 Å². The maximum absolute atomic E-state index is 12.5. The van der Waals surface area contributed by atoms with Gasteiger partial charge in [0, 0.05) is 25.6 Å². The van der Waals surface area contributed by atoms with Crippen LogP contribution >= 0.6 is 11.3 Å². The van der Waals surface area contributed by atoms with Gasteiger partial charge in [0.15, 0.2) is 0 Å². The Bertz CT molecular complexity index is 588. The summed E-state index contributed by atoms with van der Waals surface area (Å²) in [5.74, 6) is 0.0369. The third-order valence-electron chi connectivity index (χ3n) is 4.54. The van der Waals surface area contributed by atoms with Crippen LogP contribution in [0.4, 0.5) is 4.79 Å². The molecular formula is C19H31N3O3S. The summed E-state index contributed by atoms with van der Waals surface area (Å²) in [5, 5.41) is 7.27. The smallest absolute Gasteiger partial charge is 0.410 e. The van der Waals surface area contributed by atoms with Crippen LogP contribution in [-0.4, -0.2) is 61.1 Å². The summed E-state index contributed by atoms with van der Waals surface area (Å²) in [6.07, 6.45) is 1.06. The van der Waals surface area contributed by atoms with Gasteiger partial charge < -0.3 is 19.9 Å². The summed E-state index contributed by atoms with van der Waals surface area (Å²) < 4.78 is 5.40. The van der Waals surface area contributed by atoms with E-state index in [4.69, 9.17) is 4.74 Å². The van der Waals surface area contributed by atoms with Gasteiger partial charge in [0.05, 0.1) is 6.04 Å². The molecule has 0 bridgehead atoms. The summed E-state index contributed by atoms with van der Waals surface area (Å²) >= 11 is 1.67. The molecule has 1 aromatic heterocycles. The van der Waals surface area contributed by atoms with Gasteiger partial charge in [-0.2, -0.15) is 11.3 Å². The van der Waals surface area contributed by atoms with Crippen molar-refractivity contribution in [3.05, 3.63) is 22.4 Å². The van der Waals surface area contributed by atoms with Gasteiger partial charge in [-0.3, -0.25) is 4.79 Å². The molecule has 26 heavy (non-hydrogen) atoms. The molecule has 1 atom stereocenters. The topological polar surface area (TPSA) is 61.9 Å². The summed E-state index contributed by atoms with van der Waals surface area (Å²) in [4.78, 5) is 28.5. The third-order valence-corrected chi connectivity index (χ3v) is 5.24. The Morgan fingerprint density at radius 1 is 1.35 bits per heavy atom. The Morgan fingerprint density at radius 3 is 2.50 bits per heavy atom. The summed E-state index contributed by atoms with van der Waals surface area (Å²) in [7, 11) is 4.04. The molecule has 1 aliphatic heterocycles. The molecule has 1 aliphatic rings. The fourth-order valence-electron chi connectivity index (χ4n) is 3.06. The number of thiophene rings is 1. The van der Waals surface area contributed by atoms with Crippen LogP contribution in [0.2, 0.25) is 0 Å². The van der Waals surface area contributed by atoms with Crippen molar-refractivity contribution in [3.63, 3.8) is 0 Å². The largest absolute Gasteiger partial charge is 0.444 e. The molecule has 0 saturated carbocycles. The number of piperidine rings is 1. The number of amides is 2. The number of carbonyl (C=O) groups is 2. The highest BCUT2D eigenvalue weighted by Gasteiger charge is 2.30. The number of hydrogen-bond acceptors (Lipinski definition) is 5. The van der Waals surface area contributed by atoms with Crippen molar-refractivity contribution >= 4 is 23.3 Å². The second-order valence-corrected chi connectivity index (χ2v) is 8.80. The Balaban J connectivity index is 1.80. The minimum Gasteiger partial charge on any atom is -0.444 e. The van der Waals surface area contributed by atoms with Gasteiger partial charge >= 0.3 is 6.09 Å². The lowest BCUT2D eigenvalue weighted by molar-refractivity contribution is -0.126. The average molecular weight is 382 g/mol. The lowest BCUT2D eigenvalue weighted by Gasteiger charge is -2.33. The molecule has 0 spiro atoms. The van der Waals surface area contributed by atoms with Gasteiger partial charge in [-0.25, -0.2) is 4.79 Å². The van der Waals surface area contributed by atoms with Gasteiger partial charge in [0.1, 0.15) is 5.60 Å². The first-order chi connectivity index (χ1) is 12.2. The van der Waals surface area contributed by atoms with Crippen LogP contribution in [0.15, 0.2) is 16.8 Å². The van der Waals surface area contributed by atoms with Gasteiger partial charge in [-0.1, -0.05) is 0 Å². The van der Waals surface area contributed by atoms with Crippen LogP contribution in [0.25, 0.3) is 0 Å². The van der Waals surface area contributed by atoms with Crippen molar-refractivity contribution in [2.75, 3.05) is 33.7 Å². The second-order valence-electron chi connectivity index (χ2n) is 8.02. The molecule has 0 unspecified atom stereocenters.